The molecule has 0 bridgehead atoms. The zero-order valence-electron chi connectivity index (χ0n) is 15.7. The van der Waals surface area contributed by atoms with Gasteiger partial charge in [-0.25, -0.2) is 0 Å². The number of benzene rings is 3. The summed E-state index contributed by atoms with van der Waals surface area (Å²) in [6.07, 6.45) is 0. The lowest BCUT2D eigenvalue weighted by molar-refractivity contribution is 0.106. The minimum absolute atomic E-state index is 0.298. The highest BCUT2D eigenvalue weighted by atomic mass is 16.5. The van der Waals surface area contributed by atoms with E-state index in [-0.39, 0.29) is 5.60 Å². The van der Waals surface area contributed by atoms with Crippen molar-refractivity contribution in [3.63, 3.8) is 0 Å². The highest BCUT2D eigenvalue weighted by molar-refractivity contribution is 6.00. The molecule has 0 N–H and O–H groups in total. The van der Waals surface area contributed by atoms with Crippen molar-refractivity contribution in [2.45, 2.75) is 47.1 Å². The van der Waals surface area contributed by atoms with E-state index in [2.05, 4.69) is 68.4 Å². The summed E-state index contributed by atoms with van der Waals surface area (Å²) in [5, 5.41) is 2.58. The van der Waals surface area contributed by atoms with Gasteiger partial charge < -0.3 is 4.74 Å². The van der Waals surface area contributed by atoms with Gasteiger partial charge in [-0.15, -0.1) is 0 Å². The fourth-order valence-electron chi connectivity index (χ4n) is 3.16. The molecule has 3 aromatic carbocycles. The predicted octanol–water partition coefficient (Wildman–Crippen LogP) is 7.19. The van der Waals surface area contributed by atoms with Gasteiger partial charge in [0.2, 0.25) is 0 Å². The van der Waals surface area contributed by atoms with Crippen LogP contribution in [0.3, 0.4) is 0 Å². The van der Waals surface area contributed by atoms with Crippen LogP contribution in [0.25, 0.3) is 21.9 Å². The largest absolute Gasteiger partial charge is 0.482 e. The van der Waals surface area contributed by atoms with Crippen LogP contribution in [0.2, 0.25) is 0 Å². The Labute approximate surface area is 146 Å². The van der Waals surface area contributed by atoms with Gasteiger partial charge in [-0.3, -0.25) is 0 Å². The monoisotopic (exact) mass is 320 g/mol. The van der Waals surface area contributed by atoms with Crippen molar-refractivity contribution < 1.29 is 4.74 Å². The molecule has 0 fully saturated rings. The molecule has 0 radical (unpaired) electrons. The highest BCUT2D eigenvalue weighted by Crippen LogP contribution is 2.47. The van der Waals surface area contributed by atoms with E-state index in [0.717, 1.165) is 5.75 Å². The van der Waals surface area contributed by atoms with Gasteiger partial charge in [0.05, 0.1) is 0 Å². The van der Waals surface area contributed by atoms with Crippen LogP contribution in [-0.2, 0) is 5.60 Å². The second-order valence-electron chi connectivity index (χ2n) is 5.82. The Morgan fingerprint density at radius 3 is 2.08 bits per heavy atom. The Kier molecular flexibility index (Phi) is 5.66. The molecule has 1 heterocycles. The van der Waals surface area contributed by atoms with E-state index >= 15 is 0 Å². The predicted molar refractivity (Wildman–Crippen MR) is 106 cm³/mol. The van der Waals surface area contributed by atoms with Crippen LogP contribution in [0.5, 0.6) is 5.75 Å². The van der Waals surface area contributed by atoms with Crippen LogP contribution in [0.1, 0.15) is 47.1 Å². The summed E-state index contributed by atoms with van der Waals surface area (Å²) in [6, 6.07) is 21.3. The van der Waals surface area contributed by atoms with Gasteiger partial charge in [-0.2, -0.15) is 0 Å². The Balaban J connectivity index is 0.000000487. The van der Waals surface area contributed by atoms with Gasteiger partial charge in [-0.05, 0) is 30.7 Å². The van der Waals surface area contributed by atoms with Crippen molar-refractivity contribution in [2.24, 2.45) is 0 Å². The summed E-state index contributed by atoms with van der Waals surface area (Å²) in [5.41, 5.74) is 3.47. The molecule has 126 valence electrons. The minimum atomic E-state index is -0.298. The molecule has 0 aliphatic carbocycles. The molecule has 0 aromatic heterocycles. The van der Waals surface area contributed by atoms with Crippen molar-refractivity contribution in [3.05, 3.63) is 66.2 Å². The second-order valence-corrected chi connectivity index (χ2v) is 5.82. The zero-order valence-corrected chi connectivity index (χ0v) is 15.7. The molecule has 1 aliphatic rings. The van der Waals surface area contributed by atoms with E-state index in [4.69, 9.17) is 4.74 Å². The van der Waals surface area contributed by atoms with E-state index in [9.17, 15) is 0 Å². The highest BCUT2D eigenvalue weighted by Gasteiger charge is 2.33. The first kappa shape index (κ1) is 18.1. The summed E-state index contributed by atoms with van der Waals surface area (Å²) in [4.78, 5) is 0. The SMILES string of the molecule is CC.CC.CC1(C)Oc2ccccc2-c2c1ccc1ccccc21. The van der Waals surface area contributed by atoms with Gasteiger partial charge in [0, 0.05) is 16.7 Å². The molecule has 24 heavy (non-hydrogen) atoms. The quantitative estimate of drug-likeness (QED) is 0.426. The van der Waals surface area contributed by atoms with Crippen molar-refractivity contribution in [3.8, 4) is 16.9 Å². The van der Waals surface area contributed by atoms with E-state index in [1.54, 1.807) is 0 Å². The summed E-state index contributed by atoms with van der Waals surface area (Å²) in [7, 11) is 0. The van der Waals surface area contributed by atoms with Crippen LogP contribution in [0.15, 0.2) is 60.7 Å². The maximum absolute atomic E-state index is 6.19. The Hall–Kier alpha value is -2.28. The normalized spacial score (nSPS) is 13.2. The van der Waals surface area contributed by atoms with E-state index < -0.39 is 0 Å². The summed E-state index contributed by atoms with van der Waals surface area (Å²) in [5.74, 6) is 0.973. The maximum Gasteiger partial charge on any atom is 0.129 e. The lowest BCUT2D eigenvalue weighted by Crippen LogP contribution is -2.29. The Morgan fingerprint density at radius 2 is 1.33 bits per heavy atom. The molecule has 0 saturated carbocycles. The van der Waals surface area contributed by atoms with Gasteiger partial charge in [0.1, 0.15) is 11.4 Å². The fraction of sp³-hybridized carbons (Fsp3) is 0.304. The standard InChI is InChI=1S/C19H16O.2C2H6/c1-19(2)16-12-11-13-7-3-4-8-14(13)18(16)15-9-5-6-10-17(15)20-19;2*1-2/h3-12H,1-2H3;2*1-2H3. The van der Waals surface area contributed by atoms with E-state index in [1.807, 2.05) is 33.8 Å². The average molecular weight is 320 g/mol. The van der Waals surface area contributed by atoms with Crippen molar-refractivity contribution >= 4 is 10.8 Å². The number of hydrogen-bond acceptors (Lipinski definition) is 1. The average Bonchev–Trinajstić information content (AvgIpc) is 2.64. The molecule has 0 saturated heterocycles. The first-order chi connectivity index (χ1) is 11.7. The third-order valence-corrected chi connectivity index (χ3v) is 4.10. The first-order valence-corrected chi connectivity index (χ1v) is 8.97. The maximum atomic E-state index is 6.19. The number of ether oxygens (including phenoxy) is 1. The molecule has 1 aliphatic heterocycles. The van der Waals surface area contributed by atoms with Crippen LogP contribution < -0.4 is 4.74 Å². The smallest absolute Gasteiger partial charge is 0.129 e. The van der Waals surface area contributed by atoms with Crippen molar-refractivity contribution in [1.82, 2.24) is 0 Å². The molecule has 0 unspecified atom stereocenters. The zero-order chi connectivity index (χ0) is 17.7. The van der Waals surface area contributed by atoms with Gasteiger partial charge in [0.25, 0.3) is 0 Å². The lowest BCUT2D eigenvalue weighted by atomic mass is 9.83. The Bertz CT molecular complexity index is 815. The number of rotatable bonds is 0. The Morgan fingerprint density at radius 1 is 0.708 bits per heavy atom. The van der Waals surface area contributed by atoms with Crippen molar-refractivity contribution in [2.75, 3.05) is 0 Å². The van der Waals surface area contributed by atoms with Crippen molar-refractivity contribution in [1.29, 1.82) is 0 Å². The lowest BCUT2D eigenvalue weighted by Gasteiger charge is -2.35. The van der Waals surface area contributed by atoms with Crippen LogP contribution in [-0.4, -0.2) is 0 Å². The summed E-state index contributed by atoms with van der Waals surface area (Å²) in [6.45, 7) is 12.3. The van der Waals surface area contributed by atoms with Crippen LogP contribution in [0, 0.1) is 0 Å². The van der Waals surface area contributed by atoms with Gasteiger partial charge in [-0.1, -0.05) is 82.3 Å². The molecule has 1 nitrogen and oxygen atoms in total. The first-order valence-electron chi connectivity index (χ1n) is 8.97. The van der Waals surface area contributed by atoms with Crippen LogP contribution in [0.4, 0.5) is 0 Å². The molecular weight excluding hydrogens is 292 g/mol. The molecule has 1 heteroatoms. The van der Waals surface area contributed by atoms with Crippen LogP contribution >= 0.6 is 0 Å². The van der Waals surface area contributed by atoms with E-state index in [1.165, 1.54) is 27.5 Å². The molecular formula is C23H28O. The topological polar surface area (TPSA) is 9.23 Å². The molecule has 0 atom stereocenters. The number of para-hydroxylation sites is 1. The third-order valence-electron chi connectivity index (χ3n) is 4.10. The molecule has 0 amide bonds. The molecule has 0 spiro atoms. The number of fused-ring (bicyclic) bond motifs is 5. The third kappa shape index (κ3) is 3.03. The van der Waals surface area contributed by atoms with Gasteiger partial charge in [0.15, 0.2) is 0 Å². The fourth-order valence-corrected chi connectivity index (χ4v) is 3.16. The summed E-state index contributed by atoms with van der Waals surface area (Å²) >= 11 is 0. The number of hydrogen-bond donors (Lipinski definition) is 0. The molecule has 3 aromatic rings. The minimum Gasteiger partial charge on any atom is -0.482 e. The summed E-state index contributed by atoms with van der Waals surface area (Å²) < 4.78 is 6.19. The second kappa shape index (κ2) is 7.53. The molecule has 4 rings (SSSR count). The van der Waals surface area contributed by atoms with E-state index in [0.29, 0.717) is 0 Å². The van der Waals surface area contributed by atoms with Gasteiger partial charge >= 0.3 is 0 Å².